The molecule has 0 bridgehead atoms. The standard InChI is InChI=1S/C19H22N6O3S/c1-29(27,28)24-11-8-14(12-24)18-23-22-17-6-5-15(13-25(17)18)19(26)21-10-7-16-4-2-3-9-20-16/h2-6,9,13-14H,7-8,10-12H2,1H3,(H,21,26). The molecular weight excluding hydrogens is 392 g/mol. The number of fused-ring (bicyclic) bond motifs is 1. The Morgan fingerprint density at radius 3 is 2.83 bits per heavy atom. The van der Waals surface area contributed by atoms with Crippen molar-refractivity contribution < 1.29 is 13.2 Å². The van der Waals surface area contributed by atoms with Crippen molar-refractivity contribution in [2.45, 2.75) is 18.8 Å². The summed E-state index contributed by atoms with van der Waals surface area (Å²) in [5, 5.41) is 11.3. The second-order valence-corrected chi connectivity index (χ2v) is 9.12. The molecule has 4 rings (SSSR count). The smallest absolute Gasteiger partial charge is 0.252 e. The fourth-order valence-corrected chi connectivity index (χ4v) is 4.40. The average Bonchev–Trinajstić information content (AvgIpc) is 3.35. The van der Waals surface area contributed by atoms with Gasteiger partial charge in [0.25, 0.3) is 5.91 Å². The van der Waals surface area contributed by atoms with E-state index < -0.39 is 10.0 Å². The van der Waals surface area contributed by atoms with Gasteiger partial charge in [-0.15, -0.1) is 10.2 Å². The van der Waals surface area contributed by atoms with E-state index in [1.54, 1.807) is 28.9 Å². The second kappa shape index (κ2) is 7.88. The molecule has 0 spiro atoms. The number of carbonyl (C=O) groups excluding carboxylic acids is 1. The maximum Gasteiger partial charge on any atom is 0.252 e. The fourth-order valence-electron chi connectivity index (χ4n) is 3.51. The van der Waals surface area contributed by atoms with Crippen molar-refractivity contribution in [1.29, 1.82) is 0 Å². The van der Waals surface area contributed by atoms with Crippen LogP contribution in [0.5, 0.6) is 0 Å². The van der Waals surface area contributed by atoms with E-state index in [4.69, 9.17) is 0 Å². The summed E-state index contributed by atoms with van der Waals surface area (Å²) in [6.07, 6.45) is 5.98. The fraction of sp³-hybridized carbons (Fsp3) is 0.368. The molecule has 10 heteroatoms. The van der Waals surface area contributed by atoms with Crippen LogP contribution in [0.1, 0.15) is 34.2 Å². The summed E-state index contributed by atoms with van der Waals surface area (Å²) in [5.41, 5.74) is 2.04. The number of amides is 1. The molecule has 1 aliphatic rings. The molecule has 1 atom stereocenters. The molecule has 0 aromatic carbocycles. The lowest BCUT2D eigenvalue weighted by Gasteiger charge is -2.12. The molecule has 0 saturated carbocycles. The molecule has 1 aliphatic heterocycles. The Balaban J connectivity index is 1.47. The minimum Gasteiger partial charge on any atom is -0.352 e. The van der Waals surface area contributed by atoms with Crippen molar-refractivity contribution in [3.63, 3.8) is 0 Å². The molecule has 3 aromatic heterocycles. The highest BCUT2D eigenvalue weighted by molar-refractivity contribution is 7.88. The predicted molar refractivity (Wildman–Crippen MR) is 107 cm³/mol. The van der Waals surface area contributed by atoms with Crippen molar-refractivity contribution in [2.24, 2.45) is 0 Å². The largest absolute Gasteiger partial charge is 0.352 e. The monoisotopic (exact) mass is 414 g/mol. The van der Waals surface area contributed by atoms with Gasteiger partial charge in [-0.1, -0.05) is 6.07 Å². The van der Waals surface area contributed by atoms with Gasteiger partial charge < -0.3 is 5.32 Å². The third-order valence-corrected chi connectivity index (χ3v) is 6.34. The molecule has 1 N–H and O–H groups in total. The summed E-state index contributed by atoms with van der Waals surface area (Å²) < 4.78 is 26.8. The number of hydrogen-bond donors (Lipinski definition) is 1. The molecule has 1 unspecified atom stereocenters. The van der Waals surface area contributed by atoms with E-state index in [0.717, 1.165) is 5.69 Å². The number of aromatic nitrogens is 4. The Labute approximate surface area is 168 Å². The maximum absolute atomic E-state index is 12.5. The summed E-state index contributed by atoms with van der Waals surface area (Å²) in [6, 6.07) is 9.14. The molecule has 0 aliphatic carbocycles. The molecule has 1 fully saturated rings. The SMILES string of the molecule is CS(=O)(=O)N1CCC(c2nnc3ccc(C(=O)NCCc4ccccn4)cn23)C1. The van der Waals surface area contributed by atoms with E-state index in [1.165, 1.54) is 10.6 Å². The Morgan fingerprint density at radius 2 is 2.10 bits per heavy atom. The van der Waals surface area contributed by atoms with Crippen LogP contribution < -0.4 is 5.32 Å². The highest BCUT2D eigenvalue weighted by Gasteiger charge is 2.32. The van der Waals surface area contributed by atoms with Gasteiger partial charge in [0, 0.05) is 50.1 Å². The van der Waals surface area contributed by atoms with Crippen LogP contribution >= 0.6 is 0 Å². The third-order valence-electron chi connectivity index (χ3n) is 5.07. The Hall–Kier alpha value is -2.85. The first-order valence-corrected chi connectivity index (χ1v) is 11.2. The van der Waals surface area contributed by atoms with Gasteiger partial charge in [-0.3, -0.25) is 14.2 Å². The molecule has 9 nitrogen and oxygen atoms in total. The van der Waals surface area contributed by atoms with E-state index in [1.807, 2.05) is 18.2 Å². The number of carbonyl (C=O) groups is 1. The average molecular weight is 414 g/mol. The van der Waals surface area contributed by atoms with E-state index in [-0.39, 0.29) is 11.8 Å². The van der Waals surface area contributed by atoms with E-state index in [2.05, 4.69) is 20.5 Å². The van der Waals surface area contributed by atoms with Crippen LogP contribution in [-0.2, 0) is 16.4 Å². The van der Waals surface area contributed by atoms with Crippen molar-refractivity contribution in [3.05, 3.63) is 59.8 Å². The zero-order valence-electron chi connectivity index (χ0n) is 16.0. The maximum atomic E-state index is 12.5. The topological polar surface area (TPSA) is 110 Å². The minimum absolute atomic E-state index is 0.0535. The number of pyridine rings is 2. The molecule has 29 heavy (non-hydrogen) atoms. The number of nitrogens with zero attached hydrogens (tertiary/aromatic N) is 5. The summed E-state index contributed by atoms with van der Waals surface area (Å²) >= 11 is 0. The van der Waals surface area contributed by atoms with Crippen molar-refractivity contribution in [3.8, 4) is 0 Å². The quantitative estimate of drug-likeness (QED) is 0.640. The van der Waals surface area contributed by atoms with Crippen LogP contribution in [0.4, 0.5) is 0 Å². The minimum atomic E-state index is -3.23. The van der Waals surface area contributed by atoms with E-state index in [9.17, 15) is 13.2 Å². The first kappa shape index (κ1) is 19.5. The summed E-state index contributed by atoms with van der Waals surface area (Å²) in [5.74, 6) is 0.433. The lowest BCUT2D eigenvalue weighted by molar-refractivity contribution is 0.0953. The highest BCUT2D eigenvalue weighted by atomic mass is 32.2. The summed E-state index contributed by atoms with van der Waals surface area (Å²) in [4.78, 5) is 16.8. The number of nitrogens with one attached hydrogen (secondary N) is 1. The van der Waals surface area contributed by atoms with Crippen molar-refractivity contribution >= 4 is 21.6 Å². The summed E-state index contributed by atoms with van der Waals surface area (Å²) in [6.45, 7) is 1.32. The van der Waals surface area contributed by atoms with Crippen LogP contribution in [0.3, 0.4) is 0 Å². The van der Waals surface area contributed by atoms with Gasteiger partial charge in [0.15, 0.2) is 5.65 Å². The van der Waals surface area contributed by atoms with Crippen LogP contribution in [0, 0.1) is 0 Å². The molecule has 1 saturated heterocycles. The van der Waals surface area contributed by atoms with E-state index in [0.29, 0.717) is 49.5 Å². The number of sulfonamides is 1. The van der Waals surface area contributed by atoms with E-state index >= 15 is 0 Å². The number of hydrogen-bond acceptors (Lipinski definition) is 6. The zero-order valence-corrected chi connectivity index (χ0v) is 16.8. The van der Waals surface area contributed by atoms with Gasteiger partial charge in [0.2, 0.25) is 10.0 Å². The van der Waals surface area contributed by atoms with Crippen molar-refractivity contribution in [2.75, 3.05) is 25.9 Å². The van der Waals surface area contributed by atoms with Gasteiger partial charge in [-0.25, -0.2) is 12.7 Å². The van der Waals surface area contributed by atoms with Gasteiger partial charge in [0.05, 0.1) is 11.8 Å². The molecule has 1 amide bonds. The molecule has 0 radical (unpaired) electrons. The Morgan fingerprint density at radius 1 is 1.24 bits per heavy atom. The van der Waals surface area contributed by atoms with Gasteiger partial charge in [-0.2, -0.15) is 0 Å². The van der Waals surface area contributed by atoms with Gasteiger partial charge in [-0.05, 0) is 30.7 Å². The zero-order chi connectivity index (χ0) is 20.4. The Kier molecular flexibility index (Phi) is 5.29. The summed E-state index contributed by atoms with van der Waals surface area (Å²) in [7, 11) is -3.23. The lowest BCUT2D eigenvalue weighted by atomic mass is 10.1. The Bertz CT molecular complexity index is 1130. The predicted octanol–water partition coefficient (Wildman–Crippen LogP) is 0.846. The van der Waals surface area contributed by atoms with Crippen LogP contribution in [0.15, 0.2) is 42.7 Å². The third kappa shape index (κ3) is 4.28. The molecular formula is C19H22N6O3S. The lowest BCUT2D eigenvalue weighted by Crippen LogP contribution is -2.27. The molecule has 4 heterocycles. The molecule has 3 aromatic rings. The molecule has 152 valence electrons. The first-order valence-electron chi connectivity index (χ1n) is 9.40. The highest BCUT2D eigenvalue weighted by Crippen LogP contribution is 2.27. The van der Waals surface area contributed by atoms with Crippen LogP contribution in [0.25, 0.3) is 5.65 Å². The number of rotatable bonds is 6. The van der Waals surface area contributed by atoms with Gasteiger partial charge in [0.1, 0.15) is 5.82 Å². The van der Waals surface area contributed by atoms with Crippen LogP contribution in [0.2, 0.25) is 0 Å². The van der Waals surface area contributed by atoms with Crippen LogP contribution in [-0.4, -0.2) is 64.1 Å². The van der Waals surface area contributed by atoms with Gasteiger partial charge >= 0.3 is 0 Å². The normalized spacial score (nSPS) is 17.6. The van der Waals surface area contributed by atoms with Crippen molar-refractivity contribution in [1.82, 2.24) is 29.2 Å². The first-order chi connectivity index (χ1) is 13.9. The second-order valence-electron chi connectivity index (χ2n) is 7.14.